The summed E-state index contributed by atoms with van der Waals surface area (Å²) in [6, 6.07) is 10.5. The molecule has 1 amide bonds. The summed E-state index contributed by atoms with van der Waals surface area (Å²) in [5.74, 6) is 1.64. The van der Waals surface area contributed by atoms with Gasteiger partial charge in [0.05, 0.1) is 29.1 Å². The lowest BCUT2D eigenvalue weighted by molar-refractivity contribution is 0.102. The lowest BCUT2D eigenvalue weighted by Gasteiger charge is -2.29. The molecule has 1 aliphatic rings. The Kier molecular flexibility index (Phi) is 6.53. The second kappa shape index (κ2) is 9.49. The molecule has 1 atom stereocenters. The van der Waals surface area contributed by atoms with Crippen LogP contribution in [-0.4, -0.2) is 42.2 Å². The number of methoxy groups -OCH3 is 1. The predicted molar refractivity (Wildman–Crippen MR) is 121 cm³/mol. The van der Waals surface area contributed by atoms with Crippen LogP contribution in [0.4, 0.5) is 5.82 Å². The van der Waals surface area contributed by atoms with E-state index in [4.69, 9.17) is 21.1 Å². The molecule has 2 heterocycles. The molecule has 1 unspecified atom stereocenters. The first-order valence-corrected chi connectivity index (χ1v) is 10.7. The van der Waals surface area contributed by atoms with E-state index in [2.05, 4.69) is 27.5 Å². The Morgan fingerprint density at radius 2 is 2.00 bits per heavy atom. The van der Waals surface area contributed by atoms with E-state index in [1.165, 1.54) is 13.4 Å². The van der Waals surface area contributed by atoms with Gasteiger partial charge in [-0.3, -0.25) is 4.79 Å². The average molecular weight is 441 g/mol. The number of amides is 1. The van der Waals surface area contributed by atoms with E-state index < -0.39 is 0 Å². The van der Waals surface area contributed by atoms with E-state index in [0.29, 0.717) is 44.7 Å². The van der Waals surface area contributed by atoms with Crippen molar-refractivity contribution in [3.63, 3.8) is 0 Å². The third kappa shape index (κ3) is 4.73. The summed E-state index contributed by atoms with van der Waals surface area (Å²) >= 11 is 6.07. The molecule has 0 radical (unpaired) electrons. The van der Waals surface area contributed by atoms with Crippen LogP contribution in [0.1, 0.15) is 30.1 Å². The van der Waals surface area contributed by atoms with Crippen LogP contribution in [0.2, 0.25) is 5.02 Å². The van der Waals surface area contributed by atoms with Crippen molar-refractivity contribution >= 4 is 34.2 Å². The van der Waals surface area contributed by atoms with Gasteiger partial charge in [0, 0.05) is 5.56 Å². The van der Waals surface area contributed by atoms with Crippen LogP contribution < -0.4 is 20.1 Å². The predicted octanol–water partition coefficient (Wildman–Crippen LogP) is 4.31. The van der Waals surface area contributed by atoms with Crippen molar-refractivity contribution in [3.05, 3.63) is 53.3 Å². The molecular formula is C23H25ClN4O3. The molecule has 1 fully saturated rings. The number of piperidine rings is 1. The van der Waals surface area contributed by atoms with E-state index in [-0.39, 0.29) is 12.0 Å². The van der Waals surface area contributed by atoms with Crippen LogP contribution in [0.5, 0.6) is 11.5 Å². The number of ether oxygens (including phenoxy) is 2. The van der Waals surface area contributed by atoms with Crippen LogP contribution in [0.15, 0.2) is 42.7 Å². The smallest absolute Gasteiger partial charge is 0.256 e. The number of carbonyl (C=O) groups is 1. The molecular weight excluding hydrogens is 416 g/mol. The van der Waals surface area contributed by atoms with Gasteiger partial charge in [-0.15, -0.1) is 0 Å². The van der Waals surface area contributed by atoms with Gasteiger partial charge >= 0.3 is 0 Å². The number of fused-ring (bicyclic) bond motifs is 1. The topological polar surface area (TPSA) is 85.4 Å². The number of halogens is 1. The zero-order valence-corrected chi connectivity index (χ0v) is 18.3. The molecule has 7 nitrogen and oxygen atoms in total. The largest absolute Gasteiger partial charge is 0.495 e. The third-order valence-electron chi connectivity index (χ3n) is 5.63. The first-order chi connectivity index (χ1) is 15.1. The molecule has 31 heavy (non-hydrogen) atoms. The molecule has 0 saturated carbocycles. The number of hydrogen-bond acceptors (Lipinski definition) is 6. The SMILES string of the molecule is COc1cc(C(=O)Nc2ncnc3cccc(OC(C)C4CCNCC4)c23)ccc1Cl. The van der Waals surface area contributed by atoms with E-state index in [0.717, 1.165) is 25.9 Å². The van der Waals surface area contributed by atoms with Gasteiger partial charge in [-0.2, -0.15) is 0 Å². The highest BCUT2D eigenvalue weighted by atomic mass is 35.5. The minimum Gasteiger partial charge on any atom is -0.495 e. The Bertz CT molecular complexity index is 1080. The molecule has 3 aromatic rings. The van der Waals surface area contributed by atoms with Gasteiger partial charge in [0.15, 0.2) is 0 Å². The number of aromatic nitrogens is 2. The highest BCUT2D eigenvalue weighted by Gasteiger charge is 2.23. The van der Waals surface area contributed by atoms with Crippen LogP contribution in [0.3, 0.4) is 0 Å². The van der Waals surface area contributed by atoms with Gasteiger partial charge < -0.3 is 20.1 Å². The number of carbonyl (C=O) groups excluding carboxylic acids is 1. The highest BCUT2D eigenvalue weighted by Crippen LogP contribution is 2.33. The molecule has 0 spiro atoms. The van der Waals surface area contributed by atoms with Gasteiger partial charge in [-0.25, -0.2) is 9.97 Å². The van der Waals surface area contributed by atoms with E-state index >= 15 is 0 Å². The first kappa shape index (κ1) is 21.3. The Hall–Kier alpha value is -2.90. The summed E-state index contributed by atoms with van der Waals surface area (Å²) < 4.78 is 11.6. The molecule has 0 bridgehead atoms. The lowest BCUT2D eigenvalue weighted by Crippen LogP contribution is -2.35. The molecule has 162 valence electrons. The molecule has 4 rings (SSSR count). The Balaban J connectivity index is 1.63. The van der Waals surface area contributed by atoms with Crippen molar-refractivity contribution < 1.29 is 14.3 Å². The van der Waals surface area contributed by atoms with E-state index in [9.17, 15) is 4.79 Å². The lowest BCUT2D eigenvalue weighted by atomic mass is 9.93. The molecule has 1 aromatic heterocycles. The van der Waals surface area contributed by atoms with Crippen molar-refractivity contribution in [2.45, 2.75) is 25.9 Å². The first-order valence-electron chi connectivity index (χ1n) is 10.3. The monoisotopic (exact) mass is 440 g/mol. The molecule has 0 aliphatic carbocycles. The minimum atomic E-state index is -0.323. The number of anilines is 1. The highest BCUT2D eigenvalue weighted by molar-refractivity contribution is 6.32. The number of rotatable bonds is 6. The number of nitrogens with one attached hydrogen (secondary N) is 2. The Labute approximate surface area is 186 Å². The summed E-state index contributed by atoms with van der Waals surface area (Å²) in [4.78, 5) is 21.6. The maximum absolute atomic E-state index is 12.9. The zero-order chi connectivity index (χ0) is 21.8. The van der Waals surface area contributed by atoms with E-state index in [1.54, 1.807) is 18.2 Å². The van der Waals surface area contributed by atoms with E-state index in [1.807, 2.05) is 18.2 Å². The van der Waals surface area contributed by atoms with Gasteiger partial charge in [0.25, 0.3) is 5.91 Å². The standard InChI is InChI=1S/C23H25ClN4O3/c1-14(15-8-10-25-11-9-15)31-19-5-3-4-18-21(19)22(27-13-26-18)28-23(29)16-6-7-17(24)20(12-16)30-2/h3-7,12-15,25H,8-11H2,1-2H3,(H,26,27,28,29). The number of benzene rings is 2. The second-order valence-corrected chi connectivity index (χ2v) is 7.99. The summed E-state index contributed by atoms with van der Waals surface area (Å²) in [5, 5.41) is 7.39. The number of hydrogen-bond donors (Lipinski definition) is 2. The summed E-state index contributed by atoms with van der Waals surface area (Å²) in [7, 11) is 1.51. The Morgan fingerprint density at radius 1 is 1.19 bits per heavy atom. The normalized spacial score (nSPS) is 15.5. The molecule has 1 aliphatic heterocycles. The van der Waals surface area contributed by atoms with Gasteiger partial charge in [-0.1, -0.05) is 17.7 Å². The maximum Gasteiger partial charge on any atom is 0.256 e. The molecule has 2 aromatic carbocycles. The average Bonchev–Trinajstić information content (AvgIpc) is 2.80. The van der Waals surface area contributed by atoms with Crippen LogP contribution in [0.25, 0.3) is 10.9 Å². The maximum atomic E-state index is 12.9. The fourth-order valence-electron chi connectivity index (χ4n) is 3.86. The van der Waals surface area contributed by atoms with Crippen molar-refractivity contribution in [1.82, 2.24) is 15.3 Å². The second-order valence-electron chi connectivity index (χ2n) is 7.59. The van der Waals surface area contributed by atoms with Crippen LogP contribution >= 0.6 is 11.6 Å². The Morgan fingerprint density at radius 3 is 2.77 bits per heavy atom. The third-order valence-corrected chi connectivity index (χ3v) is 5.94. The van der Waals surface area contributed by atoms with Crippen molar-refractivity contribution in [2.24, 2.45) is 5.92 Å². The van der Waals surface area contributed by atoms with Gasteiger partial charge in [-0.05, 0) is 69.1 Å². The van der Waals surface area contributed by atoms with Gasteiger partial charge in [0.1, 0.15) is 23.6 Å². The fraction of sp³-hybridized carbons (Fsp3) is 0.348. The number of nitrogens with zero attached hydrogens (tertiary/aromatic N) is 2. The van der Waals surface area contributed by atoms with Crippen molar-refractivity contribution in [3.8, 4) is 11.5 Å². The summed E-state index contributed by atoms with van der Waals surface area (Å²) in [6.07, 6.45) is 3.62. The summed E-state index contributed by atoms with van der Waals surface area (Å²) in [6.45, 7) is 4.10. The zero-order valence-electron chi connectivity index (χ0n) is 17.5. The van der Waals surface area contributed by atoms with Crippen molar-refractivity contribution in [1.29, 1.82) is 0 Å². The molecule has 1 saturated heterocycles. The van der Waals surface area contributed by atoms with Gasteiger partial charge in [0.2, 0.25) is 0 Å². The molecule has 8 heteroatoms. The van der Waals surface area contributed by atoms with Crippen molar-refractivity contribution in [2.75, 3.05) is 25.5 Å². The summed E-state index contributed by atoms with van der Waals surface area (Å²) in [5.41, 5.74) is 1.11. The van der Waals surface area contributed by atoms with Crippen LogP contribution in [-0.2, 0) is 0 Å². The quantitative estimate of drug-likeness (QED) is 0.594. The van der Waals surface area contributed by atoms with Crippen LogP contribution in [0, 0.1) is 5.92 Å². The molecule has 2 N–H and O–H groups in total. The minimum absolute atomic E-state index is 0.0389. The fourth-order valence-corrected chi connectivity index (χ4v) is 4.06.